The van der Waals surface area contributed by atoms with Crippen molar-refractivity contribution < 1.29 is 28.2 Å². The highest BCUT2D eigenvalue weighted by atomic mass is 32.1. The molecule has 0 aliphatic carbocycles. The summed E-state index contributed by atoms with van der Waals surface area (Å²) in [6.45, 7) is 9.96. The predicted octanol–water partition coefficient (Wildman–Crippen LogP) is 6.78. The van der Waals surface area contributed by atoms with Crippen molar-refractivity contribution in [2.75, 3.05) is 13.1 Å². The smallest absolute Gasteiger partial charge is 0.410 e. The number of aromatic hydroxyl groups is 1. The maximum atomic E-state index is 15.5. The normalized spacial score (nSPS) is 15.9. The van der Waals surface area contributed by atoms with E-state index in [0.29, 0.717) is 40.7 Å². The van der Waals surface area contributed by atoms with E-state index in [1.807, 2.05) is 20.8 Å². The first-order valence-corrected chi connectivity index (χ1v) is 13.6. The fourth-order valence-corrected chi connectivity index (χ4v) is 5.64. The molecule has 11 heteroatoms. The average Bonchev–Trinajstić information content (AvgIpc) is 3.58. The van der Waals surface area contributed by atoms with Crippen molar-refractivity contribution >= 4 is 27.5 Å². The van der Waals surface area contributed by atoms with E-state index < -0.39 is 17.2 Å². The van der Waals surface area contributed by atoms with Crippen molar-refractivity contribution in [3.63, 3.8) is 0 Å². The molecule has 4 heterocycles. The van der Waals surface area contributed by atoms with Gasteiger partial charge in [-0.1, -0.05) is 0 Å². The number of aromatic nitrogens is 3. The molecule has 1 saturated heterocycles. The number of carbonyl (C=O) groups excluding carboxylic acids is 1. The van der Waals surface area contributed by atoms with Gasteiger partial charge in [0.25, 0.3) is 0 Å². The van der Waals surface area contributed by atoms with Gasteiger partial charge in [0.15, 0.2) is 0 Å². The largest absolute Gasteiger partial charge is 0.493 e. The molecule has 1 aliphatic rings. The maximum absolute atomic E-state index is 15.5. The number of thiophene rings is 1. The second-order valence-electron chi connectivity index (χ2n) is 10.8. The van der Waals surface area contributed by atoms with Crippen LogP contribution < -0.4 is 4.74 Å². The number of rotatable bonds is 5. The number of hydrogen-bond donors (Lipinski definition) is 1. The molecule has 0 unspecified atom stereocenters. The van der Waals surface area contributed by atoms with E-state index in [-0.39, 0.29) is 41.1 Å². The molecule has 1 N–H and O–H groups in total. The third-order valence-electron chi connectivity index (χ3n) is 6.28. The van der Waals surface area contributed by atoms with E-state index in [4.69, 9.17) is 9.47 Å². The van der Waals surface area contributed by atoms with Crippen LogP contribution in [0.15, 0.2) is 36.0 Å². The molecule has 0 bridgehead atoms. The zero-order chi connectivity index (χ0) is 28.1. The molecule has 3 aromatic heterocycles. The number of halogens is 2. The fraction of sp³-hybridized carbons (Fsp3) is 0.393. The van der Waals surface area contributed by atoms with Crippen LogP contribution >= 0.6 is 11.3 Å². The quantitative estimate of drug-likeness (QED) is 0.292. The molecule has 206 valence electrons. The highest BCUT2D eigenvalue weighted by Crippen LogP contribution is 2.47. The number of amides is 1. The molecular formula is C28H30F2N4O4S. The first kappa shape index (κ1) is 26.9. The minimum absolute atomic E-state index is 0.0436. The van der Waals surface area contributed by atoms with E-state index >= 15 is 4.39 Å². The second kappa shape index (κ2) is 10.1. The maximum Gasteiger partial charge on any atom is 0.410 e. The lowest BCUT2D eigenvalue weighted by atomic mass is 9.98. The van der Waals surface area contributed by atoms with Crippen LogP contribution in [0.2, 0.25) is 0 Å². The number of hydrogen-bond acceptors (Lipinski definition) is 7. The average molecular weight is 557 g/mol. The lowest BCUT2D eigenvalue weighted by Gasteiger charge is -2.24. The summed E-state index contributed by atoms with van der Waals surface area (Å²) >= 11 is 1.31. The zero-order valence-electron chi connectivity index (χ0n) is 22.4. The summed E-state index contributed by atoms with van der Waals surface area (Å²) in [5, 5.41) is 17.5. The molecule has 1 amide bonds. The van der Waals surface area contributed by atoms with Gasteiger partial charge in [0.05, 0.1) is 35.0 Å². The summed E-state index contributed by atoms with van der Waals surface area (Å²) in [5.41, 5.74) is 0.671. The number of likely N-dealkylation sites (tertiary alicyclic amines) is 1. The van der Waals surface area contributed by atoms with Crippen molar-refractivity contribution in [1.82, 2.24) is 19.7 Å². The monoisotopic (exact) mass is 556 g/mol. The van der Waals surface area contributed by atoms with Gasteiger partial charge in [0.1, 0.15) is 23.0 Å². The molecule has 4 aromatic rings. The second-order valence-corrected chi connectivity index (χ2v) is 11.7. The molecule has 1 aromatic carbocycles. The Morgan fingerprint density at radius 3 is 2.72 bits per heavy atom. The SMILES string of the molecule is CC(C)Oc1cc(F)cc(F)c1-c1c(-c2cnn([C@H]3CCN(C(=O)OC(C)(C)C)C3)c2)nc(O)c2ccsc12. The van der Waals surface area contributed by atoms with Gasteiger partial charge in [-0.2, -0.15) is 5.10 Å². The summed E-state index contributed by atoms with van der Waals surface area (Å²) in [6, 6.07) is 3.57. The molecule has 1 fully saturated rings. The van der Waals surface area contributed by atoms with Crippen molar-refractivity contribution in [1.29, 1.82) is 0 Å². The Hall–Kier alpha value is -3.73. The fourth-order valence-electron chi connectivity index (χ4n) is 4.70. The van der Waals surface area contributed by atoms with Crippen LogP contribution in [0, 0.1) is 11.6 Å². The van der Waals surface area contributed by atoms with Gasteiger partial charge >= 0.3 is 6.09 Å². The molecular weight excluding hydrogens is 526 g/mol. The van der Waals surface area contributed by atoms with Gasteiger partial charge in [-0.25, -0.2) is 18.6 Å². The van der Waals surface area contributed by atoms with Crippen molar-refractivity contribution in [3.8, 4) is 34.0 Å². The van der Waals surface area contributed by atoms with Gasteiger partial charge < -0.3 is 19.5 Å². The van der Waals surface area contributed by atoms with Crippen LogP contribution in [0.5, 0.6) is 11.6 Å². The Morgan fingerprint density at radius 2 is 2.00 bits per heavy atom. The Kier molecular flexibility index (Phi) is 6.96. The van der Waals surface area contributed by atoms with Crippen LogP contribution in [-0.4, -0.2) is 55.7 Å². The first-order valence-electron chi connectivity index (χ1n) is 12.7. The zero-order valence-corrected chi connectivity index (χ0v) is 23.2. The van der Waals surface area contributed by atoms with Crippen LogP contribution in [0.4, 0.5) is 13.6 Å². The lowest BCUT2D eigenvalue weighted by molar-refractivity contribution is 0.0288. The number of benzene rings is 1. The predicted molar refractivity (Wildman–Crippen MR) is 145 cm³/mol. The van der Waals surface area contributed by atoms with Gasteiger partial charge in [0, 0.05) is 47.2 Å². The molecule has 0 radical (unpaired) electrons. The Morgan fingerprint density at radius 1 is 1.23 bits per heavy atom. The van der Waals surface area contributed by atoms with Crippen LogP contribution in [0.1, 0.15) is 47.1 Å². The summed E-state index contributed by atoms with van der Waals surface area (Å²) in [7, 11) is 0. The third-order valence-corrected chi connectivity index (χ3v) is 7.22. The molecule has 0 spiro atoms. The lowest BCUT2D eigenvalue weighted by Crippen LogP contribution is -2.35. The molecule has 5 rings (SSSR count). The van der Waals surface area contributed by atoms with Crippen molar-refractivity contribution in [2.24, 2.45) is 0 Å². The summed E-state index contributed by atoms with van der Waals surface area (Å²) in [4.78, 5) is 18.6. The number of carbonyl (C=O) groups is 1. The highest BCUT2D eigenvalue weighted by molar-refractivity contribution is 7.17. The Labute approximate surface area is 228 Å². The topological polar surface area (TPSA) is 89.7 Å². The minimum Gasteiger partial charge on any atom is -0.493 e. The van der Waals surface area contributed by atoms with Crippen molar-refractivity contribution in [3.05, 3.63) is 47.6 Å². The van der Waals surface area contributed by atoms with Gasteiger partial charge in [-0.05, 0) is 52.5 Å². The van der Waals surface area contributed by atoms with E-state index in [1.54, 1.807) is 47.3 Å². The summed E-state index contributed by atoms with van der Waals surface area (Å²) < 4.78 is 43.4. The molecule has 0 saturated carbocycles. The van der Waals surface area contributed by atoms with E-state index in [0.717, 1.165) is 12.1 Å². The van der Waals surface area contributed by atoms with Crippen LogP contribution in [0.25, 0.3) is 32.5 Å². The number of ether oxygens (including phenoxy) is 2. The number of fused-ring (bicyclic) bond motifs is 1. The minimum atomic E-state index is -0.801. The van der Waals surface area contributed by atoms with Crippen LogP contribution in [-0.2, 0) is 4.74 Å². The molecule has 1 atom stereocenters. The molecule has 1 aliphatic heterocycles. The van der Waals surface area contributed by atoms with E-state index in [9.17, 15) is 14.3 Å². The van der Waals surface area contributed by atoms with E-state index in [1.165, 1.54) is 11.3 Å². The third kappa shape index (κ3) is 5.40. The highest BCUT2D eigenvalue weighted by Gasteiger charge is 2.32. The van der Waals surface area contributed by atoms with Crippen molar-refractivity contribution in [2.45, 2.75) is 58.8 Å². The first-order chi connectivity index (χ1) is 18.4. The number of pyridine rings is 1. The Bertz CT molecular complexity index is 1540. The summed E-state index contributed by atoms with van der Waals surface area (Å²) in [5.74, 6) is -1.72. The number of nitrogens with zero attached hydrogens (tertiary/aromatic N) is 4. The Balaban J connectivity index is 1.57. The van der Waals surface area contributed by atoms with Gasteiger partial charge in [-0.3, -0.25) is 4.68 Å². The molecule has 39 heavy (non-hydrogen) atoms. The standard InChI is InChI=1S/C28H30F2N4O4S/c1-15(2)37-21-11-17(29)10-20(30)22(21)23-24(32-26(35)19-7-9-39-25(19)23)16-12-31-34(13-16)18-6-8-33(14-18)27(36)38-28(3,4)5/h7,9-13,15,18H,6,8,14H2,1-5H3,(H,32,35)/t18-/m0/s1. The van der Waals surface area contributed by atoms with E-state index in [2.05, 4.69) is 10.1 Å². The van der Waals surface area contributed by atoms with Gasteiger partial charge in [0.2, 0.25) is 5.88 Å². The molecule has 8 nitrogen and oxygen atoms in total. The van der Waals surface area contributed by atoms with Gasteiger partial charge in [-0.15, -0.1) is 11.3 Å². The van der Waals surface area contributed by atoms with Crippen LogP contribution in [0.3, 0.4) is 0 Å². The summed E-state index contributed by atoms with van der Waals surface area (Å²) in [6.07, 6.45) is 3.31.